The van der Waals surface area contributed by atoms with E-state index in [-0.39, 0.29) is 5.91 Å². The molecule has 0 aromatic carbocycles. The number of aryl methyl sites for hydroxylation is 1. The molecule has 1 amide bonds. The lowest BCUT2D eigenvalue weighted by molar-refractivity contribution is 0.0949. The second kappa shape index (κ2) is 7.00. The summed E-state index contributed by atoms with van der Waals surface area (Å²) in [5, 5.41) is 13.1. The Morgan fingerprint density at radius 2 is 2.29 bits per heavy atom. The molecule has 7 heteroatoms. The van der Waals surface area contributed by atoms with E-state index in [4.69, 9.17) is 0 Å². The van der Waals surface area contributed by atoms with Crippen molar-refractivity contribution in [2.24, 2.45) is 7.05 Å². The average molecular weight is 343 g/mol. The number of carbonyl (C=O) groups is 1. The van der Waals surface area contributed by atoms with E-state index in [0.29, 0.717) is 18.2 Å². The minimum atomic E-state index is -0.151. The fraction of sp³-hybridized carbons (Fsp3) is 0.353. The van der Waals surface area contributed by atoms with Gasteiger partial charge >= 0.3 is 0 Å². The first-order valence-corrected chi connectivity index (χ1v) is 8.82. The Kier molecular flexibility index (Phi) is 4.80. The molecule has 0 aliphatic rings. The van der Waals surface area contributed by atoms with E-state index >= 15 is 0 Å². The first-order valence-electron chi connectivity index (χ1n) is 7.94. The normalized spacial score (nSPS) is 11.2. The maximum absolute atomic E-state index is 12.2. The number of nitrogens with zero attached hydrogens (tertiary/aromatic N) is 3. The van der Waals surface area contributed by atoms with Crippen molar-refractivity contribution in [1.29, 1.82) is 0 Å². The first-order chi connectivity index (χ1) is 11.5. The predicted molar refractivity (Wildman–Crippen MR) is 95.2 cm³/mol. The van der Waals surface area contributed by atoms with Crippen LogP contribution in [0.2, 0.25) is 0 Å². The van der Waals surface area contributed by atoms with Crippen molar-refractivity contribution < 1.29 is 4.79 Å². The summed E-state index contributed by atoms with van der Waals surface area (Å²) in [6, 6.07) is 5.68. The van der Waals surface area contributed by atoms with E-state index in [2.05, 4.69) is 39.7 Å². The molecule has 0 bridgehead atoms. The smallest absolute Gasteiger partial charge is 0.269 e. The molecule has 6 nitrogen and oxygen atoms in total. The van der Waals surface area contributed by atoms with Gasteiger partial charge in [0.15, 0.2) is 0 Å². The molecule has 0 radical (unpaired) electrons. The standard InChI is InChI=1S/C17H21N5OS/c1-11(2)17-19-12(10-24-17)6-7-18-16(23)14-9-13(20-21-14)15-5-4-8-22(15)3/h4-5,8-11H,6-7H2,1-3H3,(H,18,23)(H,20,21). The van der Waals surface area contributed by atoms with Crippen LogP contribution in [0.1, 0.15) is 41.0 Å². The van der Waals surface area contributed by atoms with Crippen LogP contribution in [0.5, 0.6) is 0 Å². The molecule has 0 unspecified atom stereocenters. The molecule has 0 saturated carbocycles. The average Bonchev–Trinajstić information content (AvgIpc) is 3.26. The van der Waals surface area contributed by atoms with Gasteiger partial charge in [0.05, 0.1) is 16.4 Å². The van der Waals surface area contributed by atoms with Crippen molar-refractivity contribution in [2.45, 2.75) is 26.2 Å². The lowest BCUT2D eigenvalue weighted by atomic mass is 10.2. The van der Waals surface area contributed by atoms with E-state index in [9.17, 15) is 4.79 Å². The van der Waals surface area contributed by atoms with Gasteiger partial charge in [-0.25, -0.2) is 4.98 Å². The molecule has 3 aromatic rings. The lowest BCUT2D eigenvalue weighted by Gasteiger charge is -2.02. The third-order valence-corrected chi connectivity index (χ3v) is 4.95. The fourth-order valence-electron chi connectivity index (χ4n) is 2.40. The Labute approximate surface area is 144 Å². The maximum atomic E-state index is 12.2. The summed E-state index contributed by atoms with van der Waals surface area (Å²) in [4.78, 5) is 16.8. The largest absolute Gasteiger partial charge is 0.350 e. The van der Waals surface area contributed by atoms with Gasteiger partial charge in [-0.05, 0) is 18.2 Å². The van der Waals surface area contributed by atoms with Gasteiger partial charge in [-0.1, -0.05) is 13.8 Å². The molecule has 0 aliphatic heterocycles. The monoisotopic (exact) mass is 343 g/mol. The first kappa shape index (κ1) is 16.4. The van der Waals surface area contributed by atoms with Gasteiger partial charge < -0.3 is 9.88 Å². The van der Waals surface area contributed by atoms with E-state index in [1.54, 1.807) is 17.4 Å². The summed E-state index contributed by atoms with van der Waals surface area (Å²) in [6.45, 7) is 4.82. The number of amides is 1. The molecular weight excluding hydrogens is 322 g/mol. The van der Waals surface area contributed by atoms with Gasteiger partial charge in [0.1, 0.15) is 11.4 Å². The third kappa shape index (κ3) is 3.56. The molecule has 0 aliphatic carbocycles. The van der Waals surface area contributed by atoms with Gasteiger partial charge in [-0.3, -0.25) is 9.89 Å². The molecule has 3 rings (SSSR count). The number of hydrogen-bond acceptors (Lipinski definition) is 4. The van der Waals surface area contributed by atoms with E-state index < -0.39 is 0 Å². The van der Waals surface area contributed by atoms with Crippen molar-refractivity contribution >= 4 is 17.2 Å². The van der Waals surface area contributed by atoms with Crippen LogP contribution < -0.4 is 5.32 Å². The zero-order chi connectivity index (χ0) is 17.1. The van der Waals surface area contributed by atoms with Crippen LogP contribution in [-0.4, -0.2) is 32.2 Å². The molecule has 0 saturated heterocycles. The van der Waals surface area contributed by atoms with Gasteiger partial charge in [-0.15, -0.1) is 11.3 Å². The Morgan fingerprint density at radius 3 is 2.96 bits per heavy atom. The van der Waals surface area contributed by atoms with Crippen LogP contribution in [0.3, 0.4) is 0 Å². The number of hydrogen-bond donors (Lipinski definition) is 2. The van der Waals surface area contributed by atoms with Crippen LogP contribution >= 0.6 is 11.3 Å². The zero-order valence-corrected chi connectivity index (χ0v) is 14.9. The molecule has 3 heterocycles. The summed E-state index contributed by atoms with van der Waals surface area (Å²) in [6.07, 6.45) is 2.68. The highest BCUT2D eigenvalue weighted by atomic mass is 32.1. The van der Waals surface area contributed by atoms with E-state index in [0.717, 1.165) is 28.5 Å². The van der Waals surface area contributed by atoms with Gasteiger partial charge in [0, 0.05) is 37.5 Å². The summed E-state index contributed by atoms with van der Waals surface area (Å²) >= 11 is 1.67. The molecule has 126 valence electrons. The molecule has 0 spiro atoms. The van der Waals surface area contributed by atoms with Gasteiger partial charge in [0.2, 0.25) is 0 Å². The summed E-state index contributed by atoms with van der Waals surface area (Å²) in [5.74, 6) is 0.293. The maximum Gasteiger partial charge on any atom is 0.269 e. The molecule has 0 fully saturated rings. The Bertz CT molecular complexity index is 830. The number of rotatable bonds is 6. The summed E-state index contributed by atoms with van der Waals surface area (Å²) in [5.41, 5.74) is 3.22. The van der Waals surface area contributed by atoms with Crippen LogP contribution in [0.4, 0.5) is 0 Å². The quantitative estimate of drug-likeness (QED) is 0.722. The van der Waals surface area contributed by atoms with Crippen molar-refractivity contribution in [1.82, 2.24) is 25.1 Å². The van der Waals surface area contributed by atoms with Crippen LogP contribution in [-0.2, 0) is 13.5 Å². The number of H-pyrrole nitrogens is 1. The highest BCUT2D eigenvalue weighted by Crippen LogP contribution is 2.19. The number of thiazole rings is 1. The Balaban J connectivity index is 1.55. The topological polar surface area (TPSA) is 75.6 Å². The molecule has 24 heavy (non-hydrogen) atoms. The van der Waals surface area contributed by atoms with Crippen LogP contribution in [0.25, 0.3) is 11.4 Å². The van der Waals surface area contributed by atoms with Gasteiger partial charge in [-0.2, -0.15) is 5.10 Å². The van der Waals surface area contributed by atoms with Crippen molar-refractivity contribution in [3.8, 4) is 11.4 Å². The van der Waals surface area contributed by atoms with Crippen LogP contribution in [0, 0.1) is 0 Å². The molecule has 0 atom stereocenters. The second-order valence-corrected chi connectivity index (χ2v) is 6.90. The van der Waals surface area contributed by atoms with Crippen molar-refractivity contribution in [3.63, 3.8) is 0 Å². The fourth-order valence-corrected chi connectivity index (χ4v) is 3.27. The van der Waals surface area contributed by atoms with Crippen molar-refractivity contribution in [2.75, 3.05) is 6.54 Å². The van der Waals surface area contributed by atoms with Crippen LogP contribution in [0.15, 0.2) is 29.8 Å². The zero-order valence-electron chi connectivity index (χ0n) is 14.0. The SMILES string of the molecule is CC(C)c1nc(CCNC(=O)c2cc(-c3cccn3C)n[nH]2)cs1. The highest BCUT2D eigenvalue weighted by Gasteiger charge is 2.12. The van der Waals surface area contributed by atoms with E-state index in [1.807, 2.05) is 29.9 Å². The predicted octanol–water partition coefficient (Wildman–Crippen LogP) is 2.97. The highest BCUT2D eigenvalue weighted by molar-refractivity contribution is 7.09. The van der Waals surface area contributed by atoms with E-state index in [1.165, 1.54) is 0 Å². The number of nitrogens with one attached hydrogen (secondary N) is 2. The lowest BCUT2D eigenvalue weighted by Crippen LogP contribution is -2.26. The second-order valence-electron chi connectivity index (χ2n) is 6.01. The third-order valence-electron chi connectivity index (χ3n) is 3.76. The molecule has 2 N–H and O–H groups in total. The number of aromatic amines is 1. The summed E-state index contributed by atoms with van der Waals surface area (Å²) in [7, 11) is 1.95. The minimum Gasteiger partial charge on any atom is -0.350 e. The summed E-state index contributed by atoms with van der Waals surface area (Å²) < 4.78 is 1.96. The Hall–Kier alpha value is -2.41. The number of carbonyl (C=O) groups excluding carboxylic acids is 1. The minimum absolute atomic E-state index is 0.151. The van der Waals surface area contributed by atoms with Crippen molar-refractivity contribution in [3.05, 3.63) is 46.2 Å². The number of aromatic nitrogens is 4. The molecule has 3 aromatic heterocycles. The Morgan fingerprint density at radius 1 is 1.46 bits per heavy atom. The molecular formula is C17H21N5OS. The van der Waals surface area contributed by atoms with Gasteiger partial charge in [0.25, 0.3) is 5.91 Å².